The van der Waals surface area contributed by atoms with Gasteiger partial charge in [-0.2, -0.15) is 5.48 Å². The number of hydrogen-bond acceptors (Lipinski definition) is 3. The van der Waals surface area contributed by atoms with Crippen LogP contribution in [0.2, 0.25) is 0 Å². The lowest BCUT2D eigenvalue weighted by molar-refractivity contribution is -0.162. The normalized spacial score (nSPS) is 14.4. The molecule has 0 radical (unpaired) electrons. The highest BCUT2D eigenvalue weighted by molar-refractivity contribution is 5.83. The molecule has 0 aliphatic heterocycles. The first-order valence-corrected chi connectivity index (χ1v) is 9.67. The lowest BCUT2D eigenvalue weighted by Gasteiger charge is -2.09. The van der Waals surface area contributed by atoms with E-state index < -0.39 is 5.41 Å². The summed E-state index contributed by atoms with van der Waals surface area (Å²) in [6.45, 7) is 1.85. The van der Waals surface area contributed by atoms with Crippen molar-refractivity contribution in [3.8, 4) is 0 Å². The van der Waals surface area contributed by atoms with Crippen molar-refractivity contribution in [2.45, 2.75) is 51.9 Å². The molecular formula is C23H27NO3. The zero-order valence-corrected chi connectivity index (χ0v) is 15.9. The summed E-state index contributed by atoms with van der Waals surface area (Å²) in [5.74, 6) is -0.648. The number of nitrogens with one attached hydrogen (secondary N) is 1. The predicted octanol–water partition coefficient (Wildman–Crippen LogP) is 4.17. The van der Waals surface area contributed by atoms with Gasteiger partial charge in [-0.15, -0.1) is 0 Å². The second-order valence-electron chi connectivity index (χ2n) is 7.66. The van der Waals surface area contributed by atoms with Crippen LogP contribution in [-0.2, 0) is 33.7 Å². The van der Waals surface area contributed by atoms with E-state index in [4.69, 9.17) is 4.84 Å². The molecule has 1 aliphatic carbocycles. The molecule has 1 amide bonds. The zero-order chi connectivity index (χ0) is 19.1. The van der Waals surface area contributed by atoms with Crippen molar-refractivity contribution in [2.75, 3.05) is 0 Å². The molecule has 0 spiro atoms. The van der Waals surface area contributed by atoms with Crippen LogP contribution in [0.3, 0.4) is 0 Å². The summed E-state index contributed by atoms with van der Waals surface area (Å²) in [4.78, 5) is 28.5. The van der Waals surface area contributed by atoms with Crippen molar-refractivity contribution in [3.05, 3.63) is 71.3 Å². The first-order chi connectivity index (χ1) is 13.0. The van der Waals surface area contributed by atoms with Crippen molar-refractivity contribution in [1.29, 1.82) is 0 Å². The molecule has 1 aliphatic rings. The van der Waals surface area contributed by atoms with E-state index in [1.807, 2.05) is 25.1 Å². The second kappa shape index (κ2) is 8.85. The fraction of sp³-hybridized carbons (Fsp3) is 0.391. The molecule has 0 aromatic heterocycles. The van der Waals surface area contributed by atoms with Crippen LogP contribution in [0.4, 0.5) is 0 Å². The van der Waals surface area contributed by atoms with Crippen LogP contribution in [-0.4, -0.2) is 11.9 Å². The predicted molar refractivity (Wildman–Crippen MR) is 105 cm³/mol. The molecule has 4 nitrogen and oxygen atoms in total. The smallest absolute Gasteiger partial charge is 0.338 e. The van der Waals surface area contributed by atoms with Crippen molar-refractivity contribution in [3.63, 3.8) is 0 Å². The van der Waals surface area contributed by atoms with E-state index in [1.54, 1.807) is 0 Å². The van der Waals surface area contributed by atoms with Crippen molar-refractivity contribution >= 4 is 11.9 Å². The first kappa shape index (κ1) is 19.2. The number of unbranched alkanes of at least 4 members (excludes halogenated alkanes) is 1. The fourth-order valence-corrected chi connectivity index (χ4v) is 2.97. The van der Waals surface area contributed by atoms with Crippen LogP contribution in [0.15, 0.2) is 54.6 Å². The minimum atomic E-state index is -0.393. The van der Waals surface area contributed by atoms with E-state index in [9.17, 15) is 9.59 Å². The van der Waals surface area contributed by atoms with Gasteiger partial charge in [0.2, 0.25) is 0 Å². The Balaban J connectivity index is 1.35. The molecule has 3 rings (SSSR count). The van der Waals surface area contributed by atoms with Gasteiger partial charge in [-0.25, -0.2) is 4.79 Å². The Bertz CT molecular complexity index is 764. The number of carbonyl (C=O) groups is 2. The minimum absolute atomic E-state index is 0.207. The Morgan fingerprint density at radius 3 is 2.04 bits per heavy atom. The third-order valence-corrected chi connectivity index (χ3v) is 5.16. The highest BCUT2D eigenvalue weighted by Gasteiger charge is 2.47. The summed E-state index contributed by atoms with van der Waals surface area (Å²) in [6.07, 6.45) is 6.32. The van der Waals surface area contributed by atoms with Crippen molar-refractivity contribution in [1.82, 2.24) is 5.48 Å². The molecule has 1 N–H and O–H groups in total. The number of hydrogen-bond donors (Lipinski definition) is 1. The lowest BCUT2D eigenvalue weighted by Crippen LogP contribution is -2.31. The summed E-state index contributed by atoms with van der Waals surface area (Å²) in [5, 5.41) is 0. The highest BCUT2D eigenvalue weighted by atomic mass is 16.7. The first-order valence-electron chi connectivity index (χ1n) is 9.67. The molecule has 142 valence electrons. The zero-order valence-electron chi connectivity index (χ0n) is 15.9. The van der Waals surface area contributed by atoms with Crippen LogP contribution in [0.5, 0.6) is 0 Å². The number of hydroxylamine groups is 1. The molecule has 0 saturated heterocycles. The number of aryl methyl sites for hydroxylation is 2. The van der Waals surface area contributed by atoms with E-state index in [0.29, 0.717) is 0 Å². The average Bonchev–Trinajstić information content (AvgIpc) is 3.44. The van der Waals surface area contributed by atoms with Gasteiger partial charge in [0.05, 0.1) is 11.8 Å². The summed E-state index contributed by atoms with van der Waals surface area (Å²) in [5.41, 5.74) is 5.44. The number of amides is 1. The number of benzene rings is 2. The summed E-state index contributed by atoms with van der Waals surface area (Å²) in [7, 11) is 0. The van der Waals surface area contributed by atoms with Gasteiger partial charge in [0.15, 0.2) is 0 Å². The Morgan fingerprint density at radius 2 is 1.44 bits per heavy atom. The van der Waals surface area contributed by atoms with E-state index in [1.165, 1.54) is 17.5 Å². The van der Waals surface area contributed by atoms with Crippen LogP contribution in [0.25, 0.3) is 0 Å². The van der Waals surface area contributed by atoms with Crippen LogP contribution in [0, 0.1) is 5.41 Å². The fourth-order valence-electron chi connectivity index (χ4n) is 2.97. The van der Waals surface area contributed by atoms with Gasteiger partial charge >= 0.3 is 5.97 Å². The van der Waals surface area contributed by atoms with Crippen molar-refractivity contribution < 1.29 is 14.4 Å². The molecule has 27 heavy (non-hydrogen) atoms. The second-order valence-corrected chi connectivity index (χ2v) is 7.66. The lowest BCUT2D eigenvalue weighted by atomic mass is 10.0. The van der Waals surface area contributed by atoms with Crippen molar-refractivity contribution in [2.24, 2.45) is 5.41 Å². The van der Waals surface area contributed by atoms with Crippen LogP contribution >= 0.6 is 0 Å². The minimum Gasteiger partial charge on any atom is -0.340 e. The van der Waals surface area contributed by atoms with Gasteiger partial charge in [-0.3, -0.25) is 4.79 Å². The van der Waals surface area contributed by atoms with Gasteiger partial charge in [-0.1, -0.05) is 54.6 Å². The largest absolute Gasteiger partial charge is 0.340 e. The highest BCUT2D eigenvalue weighted by Crippen LogP contribution is 2.45. The van der Waals surface area contributed by atoms with Crippen LogP contribution < -0.4 is 5.48 Å². The van der Waals surface area contributed by atoms with E-state index >= 15 is 0 Å². The van der Waals surface area contributed by atoms with E-state index in [2.05, 4.69) is 41.9 Å². The summed E-state index contributed by atoms with van der Waals surface area (Å²) >= 11 is 0. The third-order valence-electron chi connectivity index (χ3n) is 5.16. The molecule has 2 aromatic carbocycles. The van der Waals surface area contributed by atoms with Gasteiger partial charge in [0.1, 0.15) is 0 Å². The van der Waals surface area contributed by atoms with Gasteiger partial charge in [0.25, 0.3) is 5.91 Å². The number of carbonyl (C=O) groups excluding carboxylic acids is 2. The monoisotopic (exact) mass is 365 g/mol. The summed E-state index contributed by atoms with van der Waals surface area (Å²) in [6, 6.07) is 18.6. The molecule has 1 saturated carbocycles. The Hall–Kier alpha value is -2.62. The summed E-state index contributed by atoms with van der Waals surface area (Å²) < 4.78 is 0. The topological polar surface area (TPSA) is 55.4 Å². The molecule has 1 fully saturated rings. The van der Waals surface area contributed by atoms with Crippen LogP contribution in [0.1, 0.15) is 49.3 Å². The molecule has 0 unspecified atom stereocenters. The molecule has 0 atom stereocenters. The third kappa shape index (κ3) is 5.95. The molecule has 4 heteroatoms. The maximum Gasteiger partial charge on any atom is 0.338 e. The Kier molecular flexibility index (Phi) is 6.28. The van der Waals surface area contributed by atoms with Gasteiger partial charge in [0, 0.05) is 0 Å². The van der Waals surface area contributed by atoms with Gasteiger partial charge in [-0.05, 0) is 62.1 Å². The maximum atomic E-state index is 11.9. The quantitative estimate of drug-likeness (QED) is 0.564. The Morgan fingerprint density at radius 1 is 0.889 bits per heavy atom. The molecule has 0 heterocycles. The molecule has 2 aromatic rings. The number of rotatable bonds is 8. The average molecular weight is 365 g/mol. The molecule has 0 bridgehead atoms. The van der Waals surface area contributed by atoms with E-state index in [-0.39, 0.29) is 18.3 Å². The molecular weight excluding hydrogens is 338 g/mol. The maximum absolute atomic E-state index is 11.9. The SMILES string of the molecule is CC1(C(=O)ONC(=O)Cc2ccc(CCCCc3ccccc3)cc2)CC1. The Labute approximate surface area is 160 Å². The van der Waals surface area contributed by atoms with Gasteiger partial charge < -0.3 is 4.84 Å². The standard InChI is InChI=1S/C23H27NO3/c1-23(15-16-23)22(26)27-24-21(25)17-20-13-11-19(12-14-20)10-6-5-9-18-7-3-2-4-8-18/h2-4,7-8,11-14H,5-6,9-10,15-17H2,1H3,(H,24,25). The van der Waals surface area contributed by atoms with E-state index in [0.717, 1.165) is 37.7 Å².